The minimum Gasteiger partial charge on any atom is -0.512 e. The minimum atomic E-state index is -1.38. The number of rotatable bonds is 2. The largest absolute Gasteiger partial charge is 0.512 e. The van der Waals surface area contributed by atoms with Crippen LogP contribution < -0.4 is 0 Å². The summed E-state index contributed by atoms with van der Waals surface area (Å²) in [5.41, 5.74) is -1.38. The van der Waals surface area contributed by atoms with Crippen molar-refractivity contribution in [3.8, 4) is 0 Å². The van der Waals surface area contributed by atoms with Crippen LogP contribution in [0.25, 0.3) is 0 Å². The van der Waals surface area contributed by atoms with Crippen molar-refractivity contribution in [1.82, 2.24) is 0 Å². The predicted molar refractivity (Wildman–Crippen MR) is 46.2 cm³/mol. The van der Waals surface area contributed by atoms with Gasteiger partial charge in [0.05, 0.1) is 5.76 Å². The molecule has 0 bridgehead atoms. The fourth-order valence-electron chi connectivity index (χ4n) is 1.06. The summed E-state index contributed by atoms with van der Waals surface area (Å²) >= 11 is 0. The molecule has 0 saturated carbocycles. The second kappa shape index (κ2) is 3.45. The number of carbonyl (C=O) groups is 1. The Kier molecular flexibility index (Phi) is 2.53. The van der Waals surface area contributed by atoms with Crippen LogP contribution in [0.1, 0.15) is 6.42 Å². The van der Waals surface area contributed by atoms with E-state index < -0.39 is 11.6 Å². The fourth-order valence-corrected chi connectivity index (χ4v) is 1.06. The smallest absolute Gasteiger partial charge is 0.328 e. The van der Waals surface area contributed by atoms with Gasteiger partial charge in [0.2, 0.25) is 0 Å². The Balaban J connectivity index is 2.74. The predicted octanol–water partition coefficient (Wildman–Crippen LogP) is 0.760. The standard InChI is InChI=1S/C9H10O4/c10-7-2-1-4-9(13,6-7)5-3-8(11)12/h1-5,10,13H,6H2,(H,11,12). The molecule has 0 fully saturated rings. The summed E-state index contributed by atoms with van der Waals surface area (Å²) in [6.07, 6.45) is 6.34. The molecular weight excluding hydrogens is 172 g/mol. The minimum absolute atomic E-state index is 0.00722. The Bertz CT molecular complexity index is 301. The Morgan fingerprint density at radius 3 is 2.85 bits per heavy atom. The molecule has 1 aliphatic carbocycles. The molecule has 1 aliphatic rings. The Morgan fingerprint density at radius 2 is 2.31 bits per heavy atom. The maximum absolute atomic E-state index is 10.2. The van der Waals surface area contributed by atoms with Gasteiger partial charge in [-0.15, -0.1) is 0 Å². The summed E-state index contributed by atoms with van der Waals surface area (Å²) in [6, 6.07) is 0. The van der Waals surface area contributed by atoms with Gasteiger partial charge in [0.25, 0.3) is 0 Å². The van der Waals surface area contributed by atoms with Gasteiger partial charge < -0.3 is 15.3 Å². The second-order valence-electron chi connectivity index (χ2n) is 2.86. The maximum atomic E-state index is 10.2. The average molecular weight is 182 g/mol. The molecule has 70 valence electrons. The summed E-state index contributed by atoms with van der Waals surface area (Å²) in [5.74, 6) is -1.10. The molecule has 0 amide bonds. The molecule has 0 aromatic carbocycles. The first-order valence-electron chi connectivity index (χ1n) is 3.74. The van der Waals surface area contributed by atoms with Crippen molar-refractivity contribution in [2.24, 2.45) is 0 Å². The van der Waals surface area contributed by atoms with E-state index in [0.717, 1.165) is 12.2 Å². The van der Waals surface area contributed by atoms with Crippen molar-refractivity contribution in [3.63, 3.8) is 0 Å². The van der Waals surface area contributed by atoms with Gasteiger partial charge in [-0.2, -0.15) is 0 Å². The highest BCUT2D eigenvalue weighted by Crippen LogP contribution is 2.22. The monoisotopic (exact) mass is 182 g/mol. The van der Waals surface area contributed by atoms with Crippen molar-refractivity contribution < 1.29 is 20.1 Å². The number of allylic oxidation sites excluding steroid dienone is 2. The number of aliphatic hydroxyl groups is 2. The van der Waals surface area contributed by atoms with E-state index >= 15 is 0 Å². The summed E-state index contributed by atoms with van der Waals surface area (Å²) in [6.45, 7) is 0. The second-order valence-corrected chi connectivity index (χ2v) is 2.86. The van der Waals surface area contributed by atoms with Crippen LogP contribution in [-0.2, 0) is 4.79 Å². The Morgan fingerprint density at radius 1 is 1.62 bits per heavy atom. The molecule has 0 radical (unpaired) electrons. The first-order chi connectivity index (χ1) is 6.02. The van der Waals surface area contributed by atoms with E-state index in [0.29, 0.717) is 0 Å². The van der Waals surface area contributed by atoms with Gasteiger partial charge in [-0.3, -0.25) is 0 Å². The molecule has 0 heterocycles. The molecule has 13 heavy (non-hydrogen) atoms. The normalized spacial score (nSPS) is 27.6. The molecule has 0 aromatic heterocycles. The quantitative estimate of drug-likeness (QED) is 0.551. The number of carboxylic acids is 1. The Labute approximate surface area is 75.1 Å². The van der Waals surface area contributed by atoms with E-state index in [9.17, 15) is 9.90 Å². The van der Waals surface area contributed by atoms with Gasteiger partial charge in [0, 0.05) is 12.5 Å². The summed E-state index contributed by atoms with van der Waals surface area (Å²) in [4.78, 5) is 10.2. The van der Waals surface area contributed by atoms with Crippen molar-refractivity contribution in [1.29, 1.82) is 0 Å². The van der Waals surface area contributed by atoms with Gasteiger partial charge in [0.15, 0.2) is 0 Å². The van der Waals surface area contributed by atoms with E-state index in [1.807, 2.05) is 0 Å². The van der Waals surface area contributed by atoms with Gasteiger partial charge in [0.1, 0.15) is 5.60 Å². The number of hydrogen-bond acceptors (Lipinski definition) is 3. The van der Waals surface area contributed by atoms with Gasteiger partial charge >= 0.3 is 5.97 Å². The van der Waals surface area contributed by atoms with Crippen LogP contribution in [-0.4, -0.2) is 26.9 Å². The van der Waals surface area contributed by atoms with Gasteiger partial charge in [-0.1, -0.05) is 6.08 Å². The zero-order chi connectivity index (χ0) is 9.90. The van der Waals surface area contributed by atoms with Crippen molar-refractivity contribution in [3.05, 3.63) is 36.1 Å². The molecule has 0 spiro atoms. The number of carboxylic acid groups (broad SMARTS) is 1. The van der Waals surface area contributed by atoms with Crippen LogP contribution in [0.5, 0.6) is 0 Å². The lowest BCUT2D eigenvalue weighted by molar-refractivity contribution is -0.131. The highest BCUT2D eigenvalue weighted by molar-refractivity contribution is 5.80. The third kappa shape index (κ3) is 2.76. The summed E-state index contributed by atoms with van der Waals surface area (Å²) in [7, 11) is 0. The highest BCUT2D eigenvalue weighted by atomic mass is 16.4. The van der Waals surface area contributed by atoms with E-state index in [2.05, 4.69) is 0 Å². The third-order valence-electron chi connectivity index (χ3n) is 1.65. The van der Waals surface area contributed by atoms with Crippen LogP contribution in [0.4, 0.5) is 0 Å². The molecule has 1 rings (SSSR count). The Hall–Kier alpha value is -1.55. The zero-order valence-electron chi connectivity index (χ0n) is 6.84. The molecule has 1 atom stereocenters. The van der Waals surface area contributed by atoms with Crippen molar-refractivity contribution >= 4 is 5.97 Å². The van der Waals surface area contributed by atoms with Crippen molar-refractivity contribution in [2.75, 3.05) is 0 Å². The fraction of sp³-hybridized carbons (Fsp3) is 0.222. The highest BCUT2D eigenvalue weighted by Gasteiger charge is 2.23. The SMILES string of the molecule is O=C(O)C=CC1(O)C=CC=C(O)C1. The van der Waals surface area contributed by atoms with E-state index in [1.54, 1.807) is 0 Å². The first kappa shape index (κ1) is 9.54. The molecule has 3 N–H and O–H groups in total. The lowest BCUT2D eigenvalue weighted by Gasteiger charge is -2.21. The van der Waals surface area contributed by atoms with Crippen LogP contribution in [0, 0.1) is 0 Å². The zero-order valence-corrected chi connectivity index (χ0v) is 6.84. The summed E-state index contributed by atoms with van der Waals surface area (Å²) < 4.78 is 0. The van der Waals surface area contributed by atoms with Crippen LogP contribution in [0.2, 0.25) is 0 Å². The number of hydrogen-bond donors (Lipinski definition) is 3. The molecule has 0 aliphatic heterocycles. The lowest BCUT2D eigenvalue weighted by Crippen LogP contribution is -2.25. The van der Waals surface area contributed by atoms with Crippen LogP contribution in [0.15, 0.2) is 36.1 Å². The number of aliphatic carboxylic acids is 1. The molecule has 4 heteroatoms. The molecule has 0 saturated heterocycles. The maximum Gasteiger partial charge on any atom is 0.328 e. The van der Waals surface area contributed by atoms with Gasteiger partial charge in [-0.05, 0) is 18.2 Å². The van der Waals surface area contributed by atoms with E-state index in [-0.39, 0.29) is 12.2 Å². The number of aliphatic hydroxyl groups excluding tert-OH is 1. The van der Waals surface area contributed by atoms with Gasteiger partial charge in [-0.25, -0.2) is 4.79 Å². The molecule has 0 aromatic rings. The lowest BCUT2D eigenvalue weighted by atomic mass is 9.94. The molecule has 4 nitrogen and oxygen atoms in total. The van der Waals surface area contributed by atoms with E-state index in [4.69, 9.17) is 10.2 Å². The van der Waals surface area contributed by atoms with Crippen molar-refractivity contribution in [2.45, 2.75) is 12.0 Å². The molecular formula is C9H10O4. The average Bonchev–Trinajstić information content (AvgIpc) is 2.01. The topological polar surface area (TPSA) is 77.8 Å². The third-order valence-corrected chi connectivity index (χ3v) is 1.65. The first-order valence-corrected chi connectivity index (χ1v) is 3.74. The van der Waals surface area contributed by atoms with Crippen LogP contribution >= 0.6 is 0 Å². The molecule has 1 unspecified atom stereocenters. The summed E-state index contributed by atoms with van der Waals surface area (Å²) in [5, 5.41) is 27.1. The van der Waals surface area contributed by atoms with Crippen LogP contribution in [0.3, 0.4) is 0 Å². The van der Waals surface area contributed by atoms with E-state index in [1.165, 1.54) is 18.2 Å².